The molecule has 3 aromatic rings. The maximum Gasteiger partial charge on any atom is 0.255 e. The molecule has 0 aromatic heterocycles. The number of sulfonamides is 1. The Bertz CT molecular complexity index is 1260. The summed E-state index contributed by atoms with van der Waals surface area (Å²) in [6.45, 7) is 8.76. The van der Waals surface area contributed by atoms with Crippen LogP contribution in [0.2, 0.25) is 0 Å². The van der Waals surface area contributed by atoms with E-state index < -0.39 is 10.0 Å². The second kappa shape index (κ2) is 10.1. The first-order chi connectivity index (χ1) is 16.2. The van der Waals surface area contributed by atoms with Crippen LogP contribution in [0.5, 0.6) is 0 Å². The number of aryl methyl sites for hydroxylation is 3. The van der Waals surface area contributed by atoms with E-state index in [0.29, 0.717) is 43.2 Å². The van der Waals surface area contributed by atoms with E-state index in [-0.39, 0.29) is 5.91 Å². The van der Waals surface area contributed by atoms with Crippen LogP contribution in [0.15, 0.2) is 71.6 Å². The molecule has 34 heavy (non-hydrogen) atoms. The van der Waals surface area contributed by atoms with Gasteiger partial charge in [0, 0.05) is 44.0 Å². The number of carbonyl (C=O) groups is 1. The molecule has 1 aliphatic rings. The molecular formula is C27H31N3O3S. The quantitative estimate of drug-likeness (QED) is 0.572. The monoisotopic (exact) mass is 477 g/mol. The van der Waals surface area contributed by atoms with Gasteiger partial charge in [-0.15, -0.1) is 0 Å². The fourth-order valence-corrected chi connectivity index (χ4v) is 5.68. The number of amides is 1. The first-order valence-electron chi connectivity index (χ1n) is 11.5. The summed E-state index contributed by atoms with van der Waals surface area (Å²) in [5, 5.41) is 3.04. The largest absolute Gasteiger partial charge is 0.322 e. The molecule has 3 aromatic carbocycles. The highest BCUT2D eigenvalue weighted by Crippen LogP contribution is 2.22. The lowest BCUT2D eigenvalue weighted by molar-refractivity contribution is 0.102. The zero-order chi connectivity index (χ0) is 24.3. The lowest BCUT2D eigenvalue weighted by atomic mass is 10.1. The number of rotatable bonds is 6. The Balaban J connectivity index is 1.38. The summed E-state index contributed by atoms with van der Waals surface area (Å²) in [7, 11) is -3.48. The Morgan fingerprint density at radius 2 is 1.47 bits per heavy atom. The van der Waals surface area contributed by atoms with Crippen molar-refractivity contribution in [1.29, 1.82) is 0 Å². The molecule has 0 atom stereocenters. The standard InChI is InChI=1S/C27H31N3O3S/c1-20-10-12-25(13-11-20)34(32,33)30-16-14-29(15-17-30)19-23-8-5-9-24(18-23)27(31)28-26-21(2)6-4-7-22(26)3/h4-13,18H,14-17,19H2,1-3H3,(H,28,31). The van der Waals surface area contributed by atoms with E-state index >= 15 is 0 Å². The topological polar surface area (TPSA) is 69.7 Å². The molecule has 1 amide bonds. The second-order valence-corrected chi connectivity index (χ2v) is 10.9. The maximum absolute atomic E-state index is 12.9. The minimum Gasteiger partial charge on any atom is -0.322 e. The number of anilines is 1. The molecular weight excluding hydrogens is 446 g/mol. The fourth-order valence-electron chi connectivity index (χ4n) is 4.25. The highest BCUT2D eigenvalue weighted by molar-refractivity contribution is 7.89. The SMILES string of the molecule is Cc1ccc(S(=O)(=O)N2CCN(Cc3cccc(C(=O)Nc4c(C)cccc4C)c3)CC2)cc1. The van der Waals surface area contributed by atoms with Crippen LogP contribution in [0.25, 0.3) is 0 Å². The van der Waals surface area contributed by atoms with Gasteiger partial charge in [-0.3, -0.25) is 9.69 Å². The number of hydrogen-bond acceptors (Lipinski definition) is 4. The molecule has 0 bridgehead atoms. The van der Waals surface area contributed by atoms with E-state index in [1.807, 2.05) is 75.4 Å². The van der Waals surface area contributed by atoms with Crippen molar-refractivity contribution >= 4 is 21.6 Å². The van der Waals surface area contributed by atoms with Crippen molar-refractivity contribution in [3.63, 3.8) is 0 Å². The van der Waals surface area contributed by atoms with Crippen LogP contribution < -0.4 is 5.32 Å². The van der Waals surface area contributed by atoms with Crippen LogP contribution in [0.4, 0.5) is 5.69 Å². The van der Waals surface area contributed by atoms with Gasteiger partial charge in [0.05, 0.1) is 4.90 Å². The molecule has 1 fully saturated rings. The molecule has 4 rings (SSSR count). The molecule has 1 saturated heterocycles. The molecule has 1 aliphatic heterocycles. The molecule has 0 saturated carbocycles. The minimum atomic E-state index is -3.48. The first kappa shape index (κ1) is 24.1. The molecule has 0 aliphatic carbocycles. The summed E-state index contributed by atoms with van der Waals surface area (Å²) in [5.74, 6) is -0.131. The Hall–Kier alpha value is -3.00. The van der Waals surface area contributed by atoms with Crippen LogP contribution >= 0.6 is 0 Å². The summed E-state index contributed by atoms with van der Waals surface area (Å²) < 4.78 is 27.4. The lowest BCUT2D eigenvalue weighted by Gasteiger charge is -2.34. The van der Waals surface area contributed by atoms with E-state index in [1.54, 1.807) is 16.4 Å². The number of nitrogens with one attached hydrogen (secondary N) is 1. The predicted octanol–water partition coefficient (Wildman–Crippen LogP) is 4.37. The van der Waals surface area contributed by atoms with Gasteiger partial charge >= 0.3 is 0 Å². The normalized spacial score (nSPS) is 15.3. The third-order valence-electron chi connectivity index (χ3n) is 6.31. The number of para-hydroxylation sites is 1. The van der Waals surface area contributed by atoms with E-state index in [2.05, 4.69) is 10.2 Å². The Labute approximate surface area is 202 Å². The highest BCUT2D eigenvalue weighted by Gasteiger charge is 2.28. The van der Waals surface area contributed by atoms with Gasteiger partial charge in [-0.25, -0.2) is 8.42 Å². The lowest BCUT2D eigenvalue weighted by Crippen LogP contribution is -2.48. The van der Waals surface area contributed by atoms with Crippen LogP contribution in [-0.4, -0.2) is 49.7 Å². The van der Waals surface area contributed by atoms with Crippen molar-refractivity contribution in [1.82, 2.24) is 9.21 Å². The average molecular weight is 478 g/mol. The van der Waals surface area contributed by atoms with E-state index in [0.717, 1.165) is 27.9 Å². The zero-order valence-corrected chi connectivity index (χ0v) is 20.7. The van der Waals surface area contributed by atoms with Gasteiger partial charge < -0.3 is 5.32 Å². The van der Waals surface area contributed by atoms with E-state index in [4.69, 9.17) is 0 Å². The Morgan fingerprint density at radius 3 is 2.12 bits per heavy atom. The first-order valence-corrected chi connectivity index (χ1v) is 12.9. The molecule has 0 unspecified atom stereocenters. The summed E-state index contributed by atoms with van der Waals surface area (Å²) in [4.78, 5) is 15.4. The number of carbonyl (C=O) groups excluding carboxylic acids is 1. The molecule has 6 nitrogen and oxygen atoms in total. The molecule has 0 spiro atoms. The minimum absolute atomic E-state index is 0.131. The molecule has 178 valence electrons. The van der Waals surface area contributed by atoms with Crippen molar-refractivity contribution in [3.05, 3.63) is 94.5 Å². The number of piperazine rings is 1. The molecule has 1 heterocycles. The highest BCUT2D eigenvalue weighted by atomic mass is 32.2. The summed E-state index contributed by atoms with van der Waals surface area (Å²) >= 11 is 0. The van der Waals surface area contributed by atoms with Crippen molar-refractivity contribution < 1.29 is 13.2 Å². The van der Waals surface area contributed by atoms with Crippen LogP contribution in [0, 0.1) is 20.8 Å². The van der Waals surface area contributed by atoms with Crippen LogP contribution in [0.3, 0.4) is 0 Å². The van der Waals surface area contributed by atoms with E-state index in [9.17, 15) is 13.2 Å². The molecule has 7 heteroatoms. The van der Waals surface area contributed by atoms with Crippen molar-refractivity contribution in [2.75, 3.05) is 31.5 Å². The Morgan fingerprint density at radius 1 is 0.853 bits per heavy atom. The smallest absolute Gasteiger partial charge is 0.255 e. The third kappa shape index (κ3) is 5.38. The number of hydrogen-bond donors (Lipinski definition) is 1. The molecule has 1 N–H and O–H groups in total. The van der Waals surface area contributed by atoms with Gasteiger partial charge in [-0.2, -0.15) is 4.31 Å². The van der Waals surface area contributed by atoms with Gasteiger partial charge in [0.15, 0.2) is 0 Å². The molecule has 0 radical (unpaired) electrons. The van der Waals surface area contributed by atoms with Crippen LogP contribution in [0.1, 0.15) is 32.6 Å². The van der Waals surface area contributed by atoms with Crippen molar-refractivity contribution in [2.45, 2.75) is 32.2 Å². The van der Waals surface area contributed by atoms with E-state index in [1.165, 1.54) is 0 Å². The third-order valence-corrected chi connectivity index (χ3v) is 8.22. The number of benzene rings is 3. The number of nitrogens with zero attached hydrogens (tertiary/aromatic N) is 2. The zero-order valence-electron chi connectivity index (χ0n) is 19.9. The van der Waals surface area contributed by atoms with Gasteiger partial charge in [0.25, 0.3) is 5.91 Å². The van der Waals surface area contributed by atoms with Gasteiger partial charge in [0.2, 0.25) is 10.0 Å². The maximum atomic E-state index is 12.9. The van der Waals surface area contributed by atoms with Gasteiger partial charge in [-0.1, -0.05) is 48.0 Å². The summed E-state index contributed by atoms with van der Waals surface area (Å²) in [5.41, 5.74) is 5.59. The van der Waals surface area contributed by atoms with Crippen molar-refractivity contribution in [3.8, 4) is 0 Å². The Kier molecular flexibility index (Phi) is 7.16. The average Bonchev–Trinajstić information content (AvgIpc) is 2.82. The van der Waals surface area contributed by atoms with Crippen LogP contribution in [-0.2, 0) is 16.6 Å². The second-order valence-electron chi connectivity index (χ2n) is 8.91. The predicted molar refractivity (Wildman–Crippen MR) is 136 cm³/mol. The van der Waals surface area contributed by atoms with Gasteiger partial charge in [0.1, 0.15) is 0 Å². The summed E-state index contributed by atoms with van der Waals surface area (Å²) in [6, 6.07) is 20.6. The fraction of sp³-hybridized carbons (Fsp3) is 0.296. The summed E-state index contributed by atoms with van der Waals surface area (Å²) in [6.07, 6.45) is 0. The van der Waals surface area contributed by atoms with Crippen molar-refractivity contribution in [2.24, 2.45) is 0 Å². The van der Waals surface area contributed by atoms with Gasteiger partial charge in [-0.05, 0) is 61.7 Å².